The lowest BCUT2D eigenvalue weighted by Crippen LogP contribution is -2.58. The maximum Gasteiger partial charge on any atom is 0.0843 e. The highest BCUT2D eigenvalue weighted by Crippen LogP contribution is 2.21. The van der Waals surface area contributed by atoms with Crippen LogP contribution in [-0.2, 0) is 13.6 Å². The summed E-state index contributed by atoms with van der Waals surface area (Å²) in [6.07, 6.45) is 1.16. The summed E-state index contributed by atoms with van der Waals surface area (Å²) in [5.74, 6) is 0. The summed E-state index contributed by atoms with van der Waals surface area (Å²) in [7, 11) is 2.03. The van der Waals surface area contributed by atoms with Crippen LogP contribution >= 0.6 is 0 Å². The number of piperazine rings is 1. The molecule has 0 bridgehead atoms. The minimum absolute atomic E-state index is 0.239. The van der Waals surface area contributed by atoms with Gasteiger partial charge in [-0.2, -0.15) is 5.10 Å². The molecule has 1 fully saturated rings. The van der Waals surface area contributed by atoms with Crippen LogP contribution in [0.3, 0.4) is 0 Å². The molecule has 1 unspecified atom stereocenters. The third kappa shape index (κ3) is 2.45. The zero-order valence-electron chi connectivity index (χ0n) is 12.7. The predicted octanol–water partition coefficient (Wildman–Crippen LogP) is 2.15. The molecule has 4 heteroatoms. The molecule has 1 aromatic heterocycles. The molecule has 1 aliphatic rings. The summed E-state index contributed by atoms with van der Waals surface area (Å²) < 4.78 is 1.99. The average molecular weight is 272 g/mol. The van der Waals surface area contributed by atoms with E-state index in [0.717, 1.165) is 32.6 Å². The number of nitrogens with zero attached hydrogens (tertiary/aromatic N) is 3. The van der Waals surface area contributed by atoms with E-state index >= 15 is 0 Å². The zero-order valence-corrected chi connectivity index (χ0v) is 12.7. The molecular formula is C16H24N4. The van der Waals surface area contributed by atoms with E-state index in [4.69, 9.17) is 5.10 Å². The minimum atomic E-state index is 0.239. The third-order valence-electron chi connectivity index (χ3n) is 4.54. The molecule has 1 aromatic carbocycles. The van der Waals surface area contributed by atoms with E-state index in [1.54, 1.807) is 0 Å². The summed E-state index contributed by atoms with van der Waals surface area (Å²) >= 11 is 0. The molecule has 108 valence electrons. The van der Waals surface area contributed by atoms with Crippen molar-refractivity contribution in [1.29, 1.82) is 0 Å². The van der Waals surface area contributed by atoms with Crippen molar-refractivity contribution in [2.45, 2.75) is 32.4 Å². The van der Waals surface area contributed by atoms with Crippen LogP contribution in [0, 0.1) is 0 Å². The van der Waals surface area contributed by atoms with Gasteiger partial charge in [0.15, 0.2) is 0 Å². The van der Waals surface area contributed by atoms with Gasteiger partial charge in [-0.25, -0.2) is 0 Å². The Kier molecular flexibility index (Phi) is 3.52. The van der Waals surface area contributed by atoms with Crippen molar-refractivity contribution in [1.82, 2.24) is 20.0 Å². The lowest BCUT2D eigenvalue weighted by Gasteiger charge is -2.40. The summed E-state index contributed by atoms with van der Waals surface area (Å²) in [6.45, 7) is 8.77. The van der Waals surface area contributed by atoms with Gasteiger partial charge >= 0.3 is 0 Å². The van der Waals surface area contributed by atoms with Crippen LogP contribution < -0.4 is 5.32 Å². The van der Waals surface area contributed by atoms with E-state index in [9.17, 15) is 0 Å². The minimum Gasteiger partial charge on any atom is -0.309 e. The summed E-state index contributed by atoms with van der Waals surface area (Å²) in [5, 5.41) is 9.63. The molecule has 2 aromatic rings. The lowest BCUT2D eigenvalue weighted by atomic mass is 9.96. The largest absolute Gasteiger partial charge is 0.309 e. The molecule has 1 N–H and O–H groups in total. The second-order valence-corrected chi connectivity index (χ2v) is 6.14. The van der Waals surface area contributed by atoms with Crippen molar-refractivity contribution >= 4 is 10.9 Å². The Morgan fingerprint density at radius 1 is 1.35 bits per heavy atom. The van der Waals surface area contributed by atoms with Gasteiger partial charge in [0.1, 0.15) is 0 Å². The standard InChI is InChI=1S/C16H24N4/c1-4-16(2)12-20(10-9-17-16)11-14-13-7-5-6-8-15(13)19(3)18-14/h5-8,17H,4,9-12H2,1-3H3. The molecule has 0 radical (unpaired) electrons. The first kappa shape index (κ1) is 13.6. The van der Waals surface area contributed by atoms with Crippen molar-refractivity contribution in [3.63, 3.8) is 0 Å². The van der Waals surface area contributed by atoms with Gasteiger partial charge in [0.05, 0.1) is 11.2 Å². The van der Waals surface area contributed by atoms with Crippen LogP contribution in [0.2, 0.25) is 0 Å². The van der Waals surface area contributed by atoms with Crippen molar-refractivity contribution in [2.24, 2.45) is 7.05 Å². The van der Waals surface area contributed by atoms with Gasteiger partial charge in [-0.1, -0.05) is 25.1 Å². The number of aromatic nitrogens is 2. The Morgan fingerprint density at radius 3 is 2.95 bits per heavy atom. The van der Waals surface area contributed by atoms with Crippen molar-refractivity contribution in [3.05, 3.63) is 30.0 Å². The summed E-state index contributed by atoms with van der Waals surface area (Å²) in [6, 6.07) is 8.49. The van der Waals surface area contributed by atoms with Crippen LogP contribution in [0.5, 0.6) is 0 Å². The van der Waals surface area contributed by atoms with Crippen LogP contribution in [0.15, 0.2) is 24.3 Å². The van der Waals surface area contributed by atoms with Crippen LogP contribution in [0.25, 0.3) is 10.9 Å². The van der Waals surface area contributed by atoms with Crippen molar-refractivity contribution in [3.8, 4) is 0 Å². The molecule has 20 heavy (non-hydrogen) atoms. The number of benzene rings is 1. The topological polar surface area (TPSA) is 33.1 Å². The first-order valence-electron chi connectivity index (χ1n) is 7.49. The Morgan fingerprint density at radius 2 is 2.15 bits per heavy atom. The van der Waals surface area contributed by atoms with Crippen molar-refractivity contribution < 1.29 is 0 Å². The van der Waals surface area contributed by atoms with Gasteiger partial charge in [-0.05, 0) is 19.4 Å². The molecule has 1 atom stereocenters. The first-order chi connectivity index (χ1) is 9.61. The zero-order chi connectivity index (χ0) is 14.2. The highest BCUT2D eigenvalue weighted by atomic mass is 15.3. The molecular weight excluding hydrogens is 248 g/mol. The van der Waals surface area contributed by atoms with Gasteiger partial charge in [0, 0.05) is 44.2 Å². The Bertz CT molecular complexity index is 604. The maximum atomic E-state index is 4.71. The van der Waals surface area contributed by atoms with Gasteiger partial charge in [-0.15, -0.1) is 0 Å². The van der Waals surface area contributed by atoms with E-state index in [-0.39, 0.29) is 5.54 Å². The van der Waals surface area contributed by atoms with Gasteiger partial charge in [-0.3, -0.25) is 9.58 Å². The third-order valence-corrected chi connectivity index (χ3v) is 4.54. The Balaban J connectivity index is 1.83. The fraction of sp³-hybridized carbons (Fsp3) is 0.562. The molecule has 0 aliphatic carbocycles. The van der Waals surface area contributed by atoms with E-state index in [1.165, 1.54) is 16.6 Å². The molecule has 1 saturated heterocycles. The smallest absolute Gasteiger partial charge is 0.0843 e. The summed E-state index contributed by atoms with van der Waals surface area (Å²) in [5.41, 5.74) is 2.65. The average Bonchev–Trinajstić information content (AvgIpc) is 2.76. The Hall–Kier alpha value is -1.39. The number of fused-ring (bicyclic) bond motifs is 1. The highest BCUT2D eigenvalue weighted by molar-refractivity contribution is 5.81. The van der Waals surface area contributed by atoms with Gasteiger partial charge in [0.25, 0.3) is 0 Å². The van der Waals surface area contributed by atoms with Gasteiger partial charge in [0.2, 0.25) is 0 Å². The second-order valence-electron chi connectivity index (χ2n) is 6.14. The van der Waals surface area contributed by atoms with Crippen LogP contribution in [0.1, 0.15) is 26.0 Å². The molecule has 3 rings (SSSR count). The first-order valence-corrected chi connectivity index (χ1v) is 7.49. The fourth-order valence-corrected chi connectivity index (χ4v) is 3.13. The normalized spacial score (nSPS) is 24.4. The second kappa shape index (κ2) is 5.19. The Labute approximate surface area is 120 Å². The monoisotopic (exact) mass is 272 g/mol. The van der Waals surface area contributed by atoms with E-state index in [1.807, 2.05) is 11.7 Å². The predicted molar refractivity (Wildman–Crippen MR) is 82.7 cm³/mol. The number of aryl methyl sites for hydroxylation is 1. The number of nitrogens with one attached hydrogen (secondary N) is 1. The molecule has 2 heterocycles. The maximum absolute atomic E-state index is 4.71. The quantitative estimate of drug-likeness (QED) is 0.929. The van der Waals surface area contributed by atoms with Crippen LogP contribution in [0.4, 0.5) is 0 Å². The number of hydrogen-bond donors (Lipinski definition) is 1. The van der Waals surface area contributed by atoms with E-state index < -0.39 is 0 Å². The molecule has 0 saturated carbocycles. The SMILES string of the molecule is CCC1(C)CN(Cc2nn(C)c3ccccc23)CCN1. The molecule has 0 amide bonds. The lowest BCUT2D eigenvalue weighted by molar-refractivity contribution is 0.132. The molecule has 1 aliphatic heterocycles. The summed E-state index contributed by atoms with van der Waals surface area (Å²) in [4.78, 5) is 2.52. The van der Waals surface area contributed by atoms with Crippen molar-refractivity contribution in [2.75, 3.05) is 19.6 Å². The number of hydrogen-bond acceptors (Lipinski definition) is 3. The highest BCUT2D eigenvalue weighted by Gasteiger charge is 2.29. The van der Waals surface area contributed by atoms with E-state index in [2.05, 4.69) is 48.3 Å². The van der Waals surface area contributed by atoms with E-state index in [0.29, 0.717) is 0 Å². The number of para-hydroxylation sites is 1. The molecule has 4 nitrogen and oxygen atoms in total. The van der Waals surface area contributed by atoms with Gasteiger partial charge < -0.3 is 5.32 Å². The number of rotatable bonds is 3. The van der Waals surface area contributed by atoms with Crippen LogP contribution in [-0.4, -0.2) is 39.9 Å². The fourth-order valence-electron chi connectivity index (χ4n) is 3.13. The molecule has 0 spiro atoms.